The van der Waals surface area contributed by atoms with E-state index in [9.17, 15) is 9.90 Å². The quantitative estimate of drug-likeness (QED) is 0.631. The predicted molar refractivity (Wildman–Crippen MR) is 112 cm³/mol. The van der Waals surface area contributed by atoms with E-state index in [1.165, 1.54) is 6.20 Å². The number of carbonyl (C=O) groups is 1. The summed E-state index contributed by atoms with van der Waals surface area (Å²) >= 11 is 0. The fourth-order valence-electron chi connectivity index (χ4n) is 3.65. The number of nitrogens with zero attached hydrogens (tertiary/aromatic N) is 6. The number of nitrogens with one attached hydrogen (secondary N) is 1. The maximum absolute atomic E-state index is 11.5. The van der Waals surface area contributed by atoms with Gasteiger partial charge in [0.05, 0.1) is 17.0 Å². The minimum atomic E-state index is -1.07. The van der Waals surface area contributed by atoms with Crippen molar-refractivity contribution in [3.05, 3.63) is 30.2 Å². The van der Waals surface area contributed by atoms with Crippen molar-refractivity contribution < 1.29 is 14.6 Å². The lowest BCUT2D eigenvalue weighted by Crippen LogP contribution is -2.37. The summed E-state index contributed by atoms with van der Waals surface area (Å²) in [6.07, 6.45) is 5.43. The van der Waals surface area contributed by atoms with Crippen LogP contribution in [0.15, 0.2) is 24.5 Å². The van der Waals surface area contributed by atoms with Crippen molar-refractivity contribution in [3.63, 3.8) is 0 Å². The third kappa shape index (κ3) is 3.90. The van der Waals surface area contributed by atoms with Gasteiger partial charge in [0.1, 0.15) is 11.6 Å². The van der Waals surface area contributed by atoms with E-state index in [0.29, 0.717) is 34.6 Å². The molecule has 3 aromatic heterocycles. The Hall–Kier alpha value is -3.27. The molecule has 1 aliphatic rings. The first kappa shape index (κ1) is 20.0. The van der Waals surface area contributed by atoms with E-state index in [1.807, 2.05) is 13.8 Å². The van der Waals surface area contributed by atoms with Gasteiger partial charge in [0.15, 0.2) is 5.69 Å². The molecule has 2 N–H and O–H groups in total. The molecular weight excluding hydrogens is 386 g/mol. The molecule has 0 unspecified atom stereocenters. The molecule has 0 radical (unpaired) electrons. The zero-order chi connectivity index (χ0) is 21.3. The lowest BCUT2D eigenvalue weighted by molar-refractivity contribution is 0.0691. The third-order valence-corrected chi connectivity index (χ3v) is 5.24. The highest BCUT2D eigenvalue weighted by Gasteiger charge is 2.21. The fraction of sp³-hybridized carbons (Fsp3) is 0.450. The van der Waals surface area contributed by atoms with E-state index in [1.54, 1.807) is 30.1 Å². The van der Waals surface area contributed by atoms with Gasteiger partial charge in [-0.1, -0.05) is 0 Å². The molecule has 10 heteroatoms. The van der Waals surface area contributed by atoms with Crippen LogP contribution in [0.4, 0.5) is 17.6 Å². The normalized spacial score (nSPS) is 15.1. The SMILES string of the molecule is COC1CCN(c2nccc(Nc3cc4c(cn3)c(C(=O)O)nn4C(C)C)n2)CC1. The van der Waals surface area contributed by atoms with E-state index in [0.717, 1.165) is 25.9 Å². The number of fused-ring (bicyclic) bond motifs is 1. The Morgan fingerprint density at radius 1 is 1.27 bits per heavy atom. The maximum Gasteiger partial charge on any atom is 0.357 e. The first-order valence-corrected chi connectivity index (χ1v) is 9.95. The van der Waals surface area contributed by atoms with Crippen LogP contribution >= 0.6 is 0 Å². The van der Waals surface area contributed by atoms with Gasteiger partial charge in [-0.25, -0.2) is 14.8 Å². The van der Waals surface area contributed by atoms with Gasteiger partial charge in [0, 0.05) is 44.7 Å². The Kier molecular flexibility index (Phi) is 5.49. The fourth-order valence-corrected chi connectivity index (χ4v) is 3.65. The highest BCUT2D eigenvalue weighted by molar-refractivity contribution is 6.01. The number of hydrogen-bond acceptors (Lipinski definition) is 8. The molecule has 0 bridgehead atoms. The zero-order valence-electron chi connectivity index (χ0n) is 17.2. The minimum absolute atomic E-state index is 0.00142. The van der Waals surface area contributed by atoms with E-state index < -0.39 is 5.97 Å². The van der Waals surface area contributed by atoms with Crippen LogP contribution in [0.2, 0.25) is 0 Å². The largest absolute Gasteiger partial charge is 0.476 e. The Balaban J connectivity index is 1.59. The molecule has 4 heterocycles. The average Bonchev–Trinajstić information content (AvgIpc) is 3.13. The Morgan fingerprint density at radius 3 is 2.70 bits per heavy atom. The predicted octanol–water partition coefficient (Wildman–Crippen LogP) is 2.86. The number of aromatic carboxylic acids is 1. The lowest BCUT2D eigenvalue weighted by atomic mass is 10.1. The molecule has 0 aromatic carbocycles. The summed E-state index contributed by atoms with van der Waals surface area (Å²) < 4.78 is 7.12. The second-order valence-electron chi connectivity index (χ2n) is 7.57. The van der Waals surface area contributed by atoms with Crippen LogP contribution in [0.1, 0.15) is 43.2 Å². The average molecular weight is 411 g/mol. The van der Waals surface area contributed by atoms with Gasteiger partial charge in [0.25, 0.3) is 0 Å². The van der Waals surface area contributed by atoms with Gasteiger partial charge in [-0.15, -0.1) is 0 Å². The van der Waals surface area contributed by atoms with Crippen molar-refractivity contribution in [2.24, 2.45) is 0 Å². The van der Waals surface area contributed by atoms with Gasteiger partial charge in [-0.2, -0.15) is 10.1 Å². The number of carboxylic acid groups (broad SMARTS) is 1. The van der Waals surface area contributed by atoms with Crippen molar-refractivity contribution in [1.29, 1.82) is 0 Å². The molecule has 0 atom stereocenters. The number of anilines is 3. The molecule has 158 valence electrons. The molecule has 10 nitrogen and oxygen atoms in total. The van der Waals surface area contributed by atoms with Crippen molar-refractivity contribution >= 4 is 34.5 Å². The molecule has 1 aliphatic heterocycles. The minimum Gasteiger partial charge on any atom is -0.476 e. The summed E-state index contributed by atoms with van der Waals surface area (Å²) in [5, 5.41) is 17.4. The van der Waals surface area contributed by atoms with E-state index in [4.69, 9.17) is 4.74 Å². The third-order valence-electron chi connectivity index (χ3n) is 5.24. The van der Waals surface area contributed by atoms with E-state index in [2.05, 4.69) is 30.3 Å². The smallest absolute Gasteiger partial charge is 0.357 e. The highest BCUT2D eigenvalue weighted by Crippen LogP contribution is 2.25. The molecule has 3 aromatic rings. The number of carboxylic acids is 1. The van der Waals surface area contributed by atoms with Crippen molar-refractivity contribution in [2.45, 2.75) is 38.8 Å². The number of aromatic nitrogens is 5. The number of piperidine rings is 1. The van der Waals surface area contributed by atoms with Crippen LogP contribution < -0.4 is 10.2 Å². The van der Waals surface area contributed by atoms with E-state index >= 15 is 0 Å². The van der Waals surface area contributed by atoms with Gasteiger partial charge in [-0.05, 0) is 32.8 Å². The topological polar surface area (TPSA) is 118 Å². The van der Waals surface area contributed by atoms with Crippen molar-refractivity contribution in [3.8, 4) is 0 Å². The summed E-state index contributed by atoms with van der Waals surface area (Å²) in [4.78, 5) is 27.0. The molecule has 30 heavy (non-hydrogen) atoms. The molecule has 1 fully saturated rings. The summed E-state index contributed by atoms with van der Waals surface area (Å²) in [6, 6.07) is 3.58. The first-order valence-electron chi connectivity index (χ1n) is 9.95. The Bertz CT molecular complexity index is 1060. The van der Waals surface area contributed by atoms with Crippen molar-refractivity contribution in [2.75, 3.05) is 30.4 Å². The molecule has 0 aliphatic carbocycles. The number of ether oxygens (including phenoxy) is 1. The summed E-state index contributed by atoms with van der Waals surface area (Å²) in [6.45, 7) is 5.60. The molecule has 0 amide bonds. The van der Waals surface area contributed by atoms with Crippen molar-refractivity contribution in [1.82, 2.24) is 24.7 Å². The monoisotopic (exact) mass is 411 g/mol. The maximum atomic E-state index is 11.5. The molecule has 0 spiro atoms. The van der Waals surface area contributed by atoms with Crippen LogP contribution in [0.3, 0.4) is 0 Å². The number of methoxy groups -OCH3 is 1. The van der Waals surface area contributed by atoms with Crippen LogP contribution in [-0.4, -0.2) is 62.1 Å². The Morgan fingerprint density at radius 2 is 2.03 bits per heavy atom. The molecule has 4 rings (SSSR count). The molecule has 0 saturated carbocycles. The van der Waals surface area contributed by atoms with Gasteiger partial charge in [-0.3, -0.25) is 4.68 Å². The van der Waals surface area contributed by atoms with Crippen LogP contribution in [0, 0.1) is 0 Å². The number of hydrogen-bond donors (Lipinski definition) is 2. The second kappa shape index (κ2) is 8.23. The van der Waals surface area contributed by atoms with Gasteiger partial charge >= 0.3 is 5.97 Å². The zero-order valence-corrected chi connectivity index (χ0v) is 17.2. The van der Waals surface area contributed by atoms with Crippen LogP contribution in [0.25, 0.3) is 10.9 Å². The standard InChI is InChI=1S/C20H25N7O3/c1-12(2)27-15-10-17(22-11-14(15)18(25-27)19(28)29)23-16-4-7-21-20(24-16)26-8-5-13(30-3)6-9-26/h4,7,10-13H,5-6,8-9H2,1-3H3,(H,28,29)(H,21,22,23,24). The first-order chi connectivity index (χ1) is 14.5. The summed E-state index contributed by atoms with van der Waals surface area (Å²) in [7, 11) is 1.75. The van der Waals surface area contributed by atoms with Gasteiger partial charge in [0.2, 0.25) is 5.95 Å². The lowest BCUT2D eigenvalue weighted by Gasteiger charge is -2.31. The number of pyridine rings is 1. The van der Waals surface area contributed by atoms with Gasteiger partial charge < -0.3 is 20.1 Å². The van der Waals surface area contributed by atoms with E-state index in [-0.39, 0.29) is 11.7 Å². The summed E-state index contributed by atoms with van der Waals surface area (Å²) in [5.74, 6) is 0.773. The molecule has 1 saturated heterocycles. The number of rotatable bonds is 6. The van der Waals surface area contributed by atoms with Crippen LogP contribution in [0.5, 0.6) is 0 Å². The molecular formula is C20H25N7O3. The van der Waals surface area contributed by atoms with Crippen LogP contribution in [-0.2, 0) is 4.74 Å². The Labute approximate surface area is 173 Å². The summed E-state index contributed by atoms with van der Waals surface area (Å²) in [5.41, 5.74) is 0.706. The highest BCUT2D eigenvalue weighted by atomic mass is 16.5. The second-order valence-corrected chi connectivity index (χ2v) is 7.57.